The van der Waals surface area contributed by atoms with Crippen molar-refractivity contribution < 1.29 is 13.2 Å². The average Bonchev–Trinajstić information content (AvgIpc) is 3.26. The molecule has 1 aromatic rings. The van der Waals surface area contributed by atoms with E-state index in [9.17, 15) is 13.2 Å². The summed E-state index contributed by atoms with van der Waals surface area (Å²) in [6.45, 7) is 3.35. The Bertz CT molecular complexity index is 502. The Morgan fingerprint density at radius 1 is 1.25 bits per heavy atom. The summed E-state index contributed by atoms with van der Waals surface area (Å²) in [5.74, 6) is -2.16. The Balaban J connectivity index is 1.91. The first-order valence-corrected chi connectivity index (χ1v) is 7.24. The van der Waals surface area contributed by atoms with Crippen molar-refractivity contribution in [3.63, 3.8) is 0 Å². The number of piperazine rings is 1. The van der Waals surface area contributed by atoms with Crippen molar-refractivity contribution in [2.45, 2.75) is 38.3 Å². The fourth-order valence-corrected chi connectivity index (χ4v) is 3.05. The van der Waals surface area contributed by atoms with Gasteiger partial charge in [0.25, 0.3) is 0 Å². The van der Waals surface area contributed by atoms with Crippen molar-refractivity contribution in [1.29, 1.82) is 0 Å². The quantitative estimate of drug-likeness (QED) is 0.858. The molecule has 1 aliphatic carbocycles. The van der Waals surface area contributed by atoms with Crippen LogP contribution in [-0.2, 0) is 0 Å². The van der Waals surface area contributed by atoms with Crippen LogP contribution in [0.15, 0.2) is 12.1 Å². The highest BCUT2D eigenvalue weighted by molar-refractivity contribution is 5.50. The summed E-state index contributed by atoms with van der Waals surface area (Å²) in [7, 11) is 0. The van der Waals surface area contributed by atoms with Gasteiger partial charge in [-0.3, -0.25) is 0 Å². The lowest BCUT2D eigenvalue weighted by atomic mass is 10.0. The number of nitrogens with one attached hydrogen (secondary N) is 1. The summed E-state index contributed by atoms with van der Waals surface area (Å²) in [6.07, 6.45) is 3.17. The van der Waals surface area contributed by atoms with Crippen molar-refractivity contribution in [1.82, 2.24) is 5.32 Å². The predicted octanol–water partition coefficient (Wildman–Crippen LogP) is 3.07. The second kappa shape index (κ2) is 5.28. The van der Waals surface area contributed by atoms with Gasteiger partial charge in [-0.2, -0.15) is 0 Å². The molecule has 0 spiro atoms. The number of anilines is 1. The van der Waals surface area contributed by atoms with Crippen LogP contribution in [0.3, 0.4) is 0 Å². The fourth-order valence-electron chi connectivity index (χ4n) is 3.05. The van der Waals surface area contributed by atoms with Gasteiger partial charge in [-0.25, -0.2) is 13.2 Å². The first kappa shape index (κ1) is 13.7. The Morgan fingerprint density at radius 3 is 2.65 bits per heavy atom. The van der Waals surface area contributed by atoms with Gasteiger partial charge in [0.1, 0.15) is 5.82 Å². The second-order valence-electron chi connectivity index (χ2n) is 5.79. The minimum Gasteiger partial charge on any atom is -0.363 e. The number of hydrogen-bond donors (Lipinski definition) is 1. The fraction of sp³-hybridized carbons (Fsp3) is 0.600. The summed E-state index contributed by atoms with van der Waals surface area (Å²) >= 11 is 0. The molecule has 1 aromatic carbocycles. The highest BCUT2D eigenvalue weighted by atomic mass is 19.2. The lowest BCUT2D eigenvalue weighted by Gasteiger charge is -2.42. The molecule has 0 radical (unpaired) electrons. The van der Waals surface area contributed by atoms with Crippen molar-refractivity contribution in [2.24, 2.45) is 5.92 Å². The van der Waals surface area contributed by atoms with E-state index >= 15 is 0 Å². The van der Waals surface area contributed by atoms with Crippen LogP contribution in [0.4, 0.5) is 18.9 Å². The van der Waals surface area contributed by atoms with Crippen molar-refractivity contribution in [3.05, 3.63) is 29.6 Å². The van der Waals surface area contributed by atoms with Crippen LogP contribution in [-0.4, -0.2) is 25.2 Å². The van der Waals surface area contributed by atoms with Gasteiger partial charge in [-0.05, 0) is 25.2 Å². The van der Waals surface area contributed by atoms with Crippen LogP contribution in [0.2, 0.25) is 0 Å². The van der Waals surface area contributed by atoms with Gasteiger partial charge in [-0.1, -0.05) is 6.92 Å². The Kier molecular flexibility index (Phi) is 3.63. The summed E-state index contributed by atoms with van der Waals surface area (Å²) in [5, 5.41) is 3.48. The molecule has 1 saturated heterocycles. The normalized spacial score (nSPS) is 26.9. The largest absolute Gasteiger partial charge is 0.363 e. The minimum atomic E-state index is -1.11. The zero-order valence-electron chi connectivity index (χ0n) is 11.5. The molecule has 0 aromatic heterocycles. The third-order valence-electron chi connectivity index (χ3n) is 4.40. The molecule has 1 heterocycles. The molecule has 1 aliphatic heterocycles. The number of hydrogen-bond acceptors (Lipinski definition) is 2. The molecule has 1 saturated carbocycles. The van der Waals surface area contributed by atoms with Crippen LogP contribution in [0, 0.1) is 23.4 Å². The topological polar surface area (TPSA) is 15.3 Å². The summed E-state index contributed by atoms with van der Waals surface area (Å²) in [4.78, 5) is 1.83. The maximum atomic E-state index is 14.0. The van der Waals surface area contributed by atoms with Crippen molar-refractivity contribution >= 4 is 5.69 Å². The van der Waals surface area contributed by atoms with E-state index in [0.717, 1.165) is 19.0 Å². The molecule has 20 heavy (non-hydrogen) atoms. The zero-order valence-corrected chi connectivity index (χ0v) is 11.5. The average molecular weight is 284 g/mol. The predicted molar refractivity (Wildman–Crippen MR) is 72.3 cm³/mol. The molecular formula is C15H19F3N2. The Labute approximate surface area is 117 Å². The molecule has 2 nitrogen and oxygen atoms in total. The van der Waals surface area contributed by atoms with Gasteiger partial charge in [0.05, 0.1) is 5.69 Å². The number of benzene rings is 1. The second-order valence-corrected chi connectivity index (χ2v) is 5.79. The van der Waals surface area contributed by atoms with E-state index in [-0.39, 0.29) is 11.7 Å². The molecule has 3 rings (SSSR count). The maximum Gasteiger partial charge on any atom is 0.182 e. The number of halogens is 3. The van der Waals surface area contributed by atoms with Gasteiger partial charge in [0.15, 0.2) is 11.6 Å². The van der Waals surface area contributed by atoms with Gasteiger partial charge in [0, 0.05) is 37.3 Å². The van der Waals surface area contributed by atoms with Crippen LogP contribution >= 0.6 is 0 Å². The Hall–Kier alpha value is -1.23. The molecule has 0 bridgehead atoms. The van der Waals surface area contributed by atoms with Crippen LogP contribution < -0.4 is 10.2 Å². The third kappa shape index (κ3) is 2.51. The van der Waals surface area contributed by atoms with Gasteiger partial charge < -0.3 is 10.2 Å². The smallest absolute Gasteiger partial charge is 0.182 e. The molecule has 1 N–H and O–H groups in total. The Morgan fingerprint density at radius 2 is 2.00 bits per heavy atom. The minimum absolute atomic E-state index is 0.0569. The molecule has 2 aliphatic rings. The summed E-state index contributed by atoms with van der Waals surface area (Å²) < 4.78 is 40.9. The van der Waals surface area contributed by atoms with Crippen molar-refractivity contribution in [3.8, 4) is 0 Å². The molecule has 0 amide bonds. The molecule has 2 unspecified atom stereocenters. The number of rotatable bonds is 3. The van der Waals surface area contributed by atoms with E-state index in [2.05, 4.69) is 5.32 Å². The molecule has 2 atom stereocenters. The molecule has 2 fully saturated rings. The van der Waals surface area contributed by atoms with Gasteiger partial charge in [0.2, 0.25) is 0 Å². The highest BCUT2D eigenvalue weighted by Crippen LogP contribution is 2.36. The number of nitrogens with zero attached hydrogens (tertiary/aromatic N) is 1. The standard InChI is InChI=1S/C15H19F3N2/c1-2-11-7-19-13(9-3-4-9)8-20(11)14-6-10(16)5-12(17)15(14)18/h5-6,9,11,13,19H,2-4,7-8H2,1H3. The highest BCUT2D eigenvalue weighted by Gasteiger charge is 2.37. The van der Waals surface area contributed by atoms with E-state index < -0.39 is 17.5 Å². The first-order chi connectivity index (χ1) is 9.60. The lowest BCUT2D eigenvalue weighted by Crippen LogP contribution is -2.57. The first-order valence-electron chi connectivity index (χ1n) is 7.24. The third-order valence-corrected chi connectivity index (χ3v) is 4.40. The SMILES string of the molecule is CCC1CNC(C2CC2)CN1c1cc(F)cc(F)c1F. The van der Waals surface area contributed by atoms with Gasteiger partial charge >= 0.3 is 0 Å². The van der Waals surface area contributed by atoms with E-state index in [4.69, 9.17) is 0 Å². The van der Waals surface area contributed by atoms with E-state index in [1.165, 1.54) is 12.8 Å². The monoisotopic (exact) mass is 284 g/mol. The van der Waals surface area contributed by atoms with Crippen molar-refractivity contribution in [2.75, 3.05) is 18.0 Å². The summed E-state index contributed by atoms with van der Waals surface area (Å²) in [6, 6.07) is 2.07. The van der Waals surface area contributed by atoms with Crippen LogP contribution in [0.1, 0.15) is 26.2 Å². The van der Waals surface area contributed by atoms with E-state index in [1.54, 1.807) is 0 Å². The van der Waals surface area contributed by atoms with E-state index in [0.29, 0.717) is 24.6 Å². The summed E-state index contributed by atoms with van der Waals surface area (Å²) in [5.41, 5.74) is 0.0569. The van der Waals surface area contributed by atoms with Crippen LogP contribution in [0.5, 0.6) is 0 Å². The maximum absolute atomic E-state index is 14.0. The van der Waals surface area contributed by atoms with Crippen LogP contribution in [0.25, 0.3) is 0 Å². The molecule has 110 valence electrons. The lowest BCUT2D eigenvalue weighted by molar-refractivity contribution is 0.354. The van der Waals surface area contributed by atoms with Gasteiger partial charge in [-0.15, -0.1) is 0 Å². The molecular weight excluding hydrogens is 265 g/mol. The zero-order chi connectivity index (χ0) is 14.3. The molecule has 5 heteroatoms. The van der Waals surface area contributed by atoms with E-state index in [1.807, 2.05) is 11.8 Å².